The smallest absolute Gasteiger partial charge is 0.255 e. The van der Waals surface area contributed by atoms with Crippen molar-refractivity contribution < 1.29 is 14.3 Å². The Hall–Kier alpha value is -1.88. The summed E-state index contributed by atoms with van der Waals surface area (Å²) in [7, 11) is 1.87. The Morgan fingerprint density at radius 2 is 1.88 bits per heavy atom. The van der Waals surface area contributed by atoms with Crippen molar-refractivity contribution in [3.8, 4) is 0 Å². The van der Waals surface area contributed by atoms with Gasteiger partial charge in [0.05, 0.1) is 24.3 Å². The molecule has 1 saturated carbocycles. The molecule has 2 amide bonds. The van der Waals surface area contributed by atoms with Crippen LogP contribution in [-0.2, 0) is 9.53 Å². The molecule has 1 N–H and O–H groups in total. The van der Waals surface area contributed by atoms with Gasteiger partial charge in [-0.15, -0.1) is 0 Å². The van der Waals surface area contributed by atoms with Gasteiger partial charge in [-0.1, -0.05) is 45.2 Å². The van der Waals surface area contributed by atoms with Gasteiger partial charge in [-0.2, -0.15) is 0 Å². The van der Waals surface area contributed by atoms with Crippen LogP contribution >= 0.6 is 0 Å². The molecular weight excluding hydrogens is 328 g/mol. The van der Waals surface area contributed by atoms with Crippen molar-refractivity contribution in [2.45, 2.75) is 58.4 Å². The quantitative estimate of drug-likeness (QED) is 0.710. The number of carbonyl (C=O) groups excluding carboxylic acids is 2. The van der Waals surface area contributed by atoms with Crippen LogP contribution in [0.15, 0.2) is 24.3 Å². The van der Waals surface area contributed by atoms with Gasteiger partial charge in [0.2, 0.25) is 5.91 Å². The average molecular weight is 360 g/mol. The number of ether oxygens (including phenoxy) is 1. The molecule has 0 atom stereocenters. The largest absolute Gasteiger partial charge is 0.381 e. The van der Waals surface area contributed by atoms with Crippen LogP contribution in [0.3, 0.4) is 0 Å². The van der Waals surface area contributed by atoms with Crippen LogP contribution in [0.1, 0.15) is 62.7 Å². The number of rotatable bonds is 8. The molecule has 5 nitrogen and oxygen atoms in total. The molecule has 1 fully saturated rings. The molecular formula is C21H32N2O3. The third kappa shape index (κ3) is 6.13. The van der Waals surface area contributed by atoms with E-state index in [0.717, 1.165) is 12.8 Å². The van der Waals surface area contributed by atoms with E-state index in [4.69, 9.17) is 4.74 Å². The third-order valence-electron chi connectivity index (χ3n) is 4.80. The Kier molecular flexibility index (Phi) is 8.10. The van der Waals surface area contributed by atoms with Gasteiger partial charge < -0.3 is 15.0 Å². The second-order valence-electron chi connectivity index (χ2n) is 7.52. The van der Waals surface area contributed by atoms with E-state index >= 15 is 0 Å². The van der Waals surface area contributed by atoms with Crippen LogP contribution in [0, 0.1) is 5.92 Å². The van der Waals surface area contributed by atoms with E-state index in [2.05, 4.69) is 19.2 Å². The second kappa shape index (κ2) is 10.3. The first-order valence-electron chi connectivity index (χ1n) is 9.72. The van der Waals surface area contributed by atoms with E-state index < -0.39 is 0 Å². The average Bonchev–Trinajstić information content (AvgIpc) is 2.65. The van der Waals surface area contributed by atoms with E-state index in [-0.39, 0.29) is 18.2 Å². The van der Waals surface area contributed by atoms with Crippen LogP contribution < -0.4 is 5.32 Å². The molecule has 0 aliphatic heterocycles. The molecule has 0 radical (unpaired) electrons. The number of carbonyl (C=O) groups is 2. The van der Waals surface area contributed by atoms with Crippen molar-refractivity contribution in [2.75, 3.05) is 25.6 Å². The minimum absolute atomic E-state index is 0.0242. The summed E-state index contributed by atoms with van der Waals surface area (Å²) < 4.78 is 5.46. The second-order valence-corrected chi connectivity index (χ2v) is 7.52. The number of hydrogen-bond donors (Lipinski definition) is 1. The van der Waals surface area contributed by atoms with E-state index in [1.807, 2.05) is 24.1 Å². The molecule has 0 heterocycles. The van der Waals surface area contributed by atoms with Crippen molar-refractivity contribution in [3.05, 3.63) is 29.8 Å². The summed E-state index contributed by atoms with van der Waals surface area (Å²) in [5.41, 5.74) is 1.13. The van der Waals surface area contributed by atoms with Crippen LogP contribution in [0.2, 0.25) is 0 Å². The number of amides is 2. The van der Waals surface area contributed by atoms with Gasteiger partial charge in [-0.05, 0) is 30.9 Å². The first-order valence-corrected chi connectivity index (χ1v) is 9.72. The van der Waals surface area contributed by atoms with Gasteiger partial charge in [0.1, 0.15) is 0 Å². The molecule has 0 spiro atoms. The highest BCUT2D eigenvalue weighted by Gasteiger charge is 2.24. The van der Waals surface area contributed by atoms with Gasteiger partial charge in [-0.3, -0.25) is 9.59 Å². The van der Waals surface area contributed by atoms with Crippen molar-refractivity contribution in [3.63, 3.8) is 0 Å². The zero-order valence-electron chi connectivity index (χ0n) is 16.3. The standard InChI is InChI=1S/C21H32N2O3/c1-16(2)15-26-14-13-20(24)22-19-12-8-7-11-18(19)21(25)23(3)17-9-5-4-6-10-17/h7-8,11-12,16-17H,4-6,9-10,13-15H2,1-3H3,(H,22,24). The molecule has 0 bridgehead atoms. The molecule has 2 rings (SSSR count). The molecule has 144 valence electrons. The van der Waals surface area contributed by atoms with Gasteiger partial charge in [0, 0.05) is 19.7 Å². The normalized spacial score (nSPS) is 15.1. The lowest BCUT2D eigenvalue weighted by molar-refractivity contribution is -0.117. The highest BCUT2D eigenvalue weighted by atomic mass is 16.5. The van der Waals surface area contributed by atoms with Crippen molar-refractivity contribution in [1.29, 1.82) is 0 Å². The maximum absolute atomic E-state index is 12.9. The molecule has 0 saturated heterocycles. The van der Waals surface area contributed by atoms with Gasteiger partial charge in [0.15, 0.2) is 0 Å². The summed E-state index contributed by atoms with van der Waals surface area (Å²) in [5.74, 6) is 0.296. The predicted octanol–water partition coefficient (Wildman–Crippen LogP) is 4.09. The zero-order chi connectivity index (χ0) is 18.9. The van der Waals surface area contributed by atoms with Crippen LogP contribution in [-0.4, -0.2) is 43.0 Å². The summed E-state index contributed by atoms with van der Waals surface area (Å²) in [4.78, 5) is 27.0. The number of nitrogens with one attached hydrogen (secondary N) is 1. The zero-order valence-corrected chi connectivity index (χ0v) is 16.3. The molecule has 1 aromatic carbocycles. The van der Waals surface area contributed by atoms with Gasteiger partial charge >= 0.3 is 0 Å². The van der Waals surface area contributed by atoms with Crippen LogP contribution in [0.4, 0.5) is 5.69 Å². The minimum Gasteiger partial charge on any atom is -0.381 e. The Bertz CT molecular complexity index is 595. The van der Waals surface area contributed by atoms with E-state index in [1.165, 1.54) is 19.3 Å². The van der Waals surface area contributed by atoms with E-state index in [0.29, 0.717) is 36.4 Å². The van der Waals surface area contributed by atoms with Gasteiger partial charge in [-0.25, -0.2) is 0 Å². The molecule has 1 aliphatic carbocycles. The number of nitrogens with zero attached hydrogens (tertiary/aromatic N) is 1. The molecule has 1 aromatic rings. The lowest BCUT2D eigenvalue weighted by atomic mass is 9.94. The lowest BCUT2D eigenvalue weighted by Gasteiger charge is -2.31. The summed E-state index contributed by atoms with van der Waals surface area (Å²) in [6, 6.07) is 7.54. The minimum atomic E-state index is -0.130. The highest BCUT2D eigenvalue weighted by Crippen LogP contribution is 2.25. The number of para-hydroxylation sites is 1. The molecule has 1 aliphatic rings. The van der Waals surface area contributed by atoms with Crippen molar-refractivity contribution in [2.24, 2.45) is 5.92 Å². The van der Waals surface area contributed by atoms with Gasteiger partial charge in [0.25, 0.3) is 5.91 Å². The third-order valence-corrected chi connectivity index (χ3v) is 4.80. The summed E-state index contributed by atoms with van der Waals surface area (Å²) in [5, 5.41) is 2.87. The van der Waals surface area contributed by atoms with Crippen molar-refractivity contribution in [1.82, 2.24) is 4.90 Å². The molecule has 5 heteroatoms. The number of anilines is 1. The molecule has 0 unspecified atom stereocenters. The fourth-order valence-corrected chi connectivity index (χ4v) is 3.30. The van der Waals surface area contributed by atoms with E-state index in [9.17, 15) is 9.59 Å². The van der Waals surface area contributed by atoms with Crippen LogP contribution in [0.5, 0.6) is 0 Å². The Morgan fingerprint density at radius 3 is 2.58 bits per heavy atom. The first-order chi connectivity index (χ1) is 12.5. The predicted molar refractivity (Wildman–Crippen MR) is 104 cm³/mol. The summed E-state index contributed by atoms with van der Waals surface area (Å²) in [6.45, 7) is 5.19. The first kappa shape index (κ1) is 20.4. The molecule has 0 aromatic heterocycles. The number of benzene rings is 1. The van der Waals surface area contributed by atoms with Crippen LogP contribution in [0.25, 0.3) is 0 Å². The Balaban J connectivity index is 1.95. The fraction of sp³-hybridized carbons (Fsp3) is 0.619. The van der Waals surface area contributed by atoms with E-state index in [1.54, 1.807) is 12.1 Å². The maximum atomic E-state index is 12.9. The fourth-order valence-electron chi connectivity index (χ4n) is 3.30. The highest BCUT2D eigenvalue weighted by molar-refractivity contribution is 6.03. The lowest BCUT2D eigenvalue weighted by Crippen LogP contribution is -2.38. The summed E-state index contributed by atoms with van der Waals surface area (Å²) >= 11 is 0. The SMILES string of the molecule is CC(C)COCCC(=O)Nc1ccccc1C(=O)N(C)C1CCCCC1. The Labute approximate surface area is 157 Å². The molecule has 26 heavy (non-hydrogen) atoms. The topological polar surface area (TPSA) is 58.6 Å². The monoisotopic (exact) mass is 360 g/mol. The maximum Gasteiger partial charge on any atom is 0.255 e. The van der Waals surface area contributed by atoms with Crippen molar-refractivity contribution >= 4 is 17.5 Å². The Morgan fingerprint density at radius 1 is 1.19 bits per heavy atom. The summed E-state index contributed by atoms with van der Waals surface area (Å²) in [6.07, 6.45) is 6.01. The number of hydrogen-bond acceptors (Lipinski definition) is 3.